The number of nitrogens with zero attached hydrogens (tertiary/aromatic N) is 1. The highest BCUT2D eigenvalue weighted by molar-refractivity contribution is 6.32. The Hall–Kier alpha value is -1.55. The molecule has 3 nitrogen and oxygen atoms in total. The van der Waals surface area contributed by atoms with Gasteiger partial charge in [0.25, 0.3) is 0 Å². The number of aliphatic hydroxyl groups excluding tert-OH is 1. The zero-order valence-corrected chi connectivity index (χ0v) is 15.3. The van der Waals surface area contributed by atoms with Gasteiger partial charge in [-0.3, -0.25) is 4.90 Å². The molecular formula is C21H26ClNO2. The van der Waals surface area contributed by atoms with Crippen LogP contribution in [0.15, 0.2) is 48.5 Å². The van der Waals surface area contributed by atoms with Crippen molar-refractivity contribution < 1.29 is 10.2 Å². The van der Waals surface area contributed by atoms with Crippen molar-refractivity contribution in [2.45, 2.75) is 32.2 Å². The quantitative estimate of drug-likeness (QED) is 0.810. The fourth-order valence-corrected chi connectivity index (χ4v) is 4.02. The van der Waals surface area contributed by atoms with Crippen LogP contribution in [0.4, 0.5) is 0 Å². The number of aryl methyl sites for hydroxylation is 1. The third kappa shape index (κ3) is 4.75. The molecule has 0 aromatic heterocycles. The first-order valence-electron chi connectivity index (χ1n) is 8.95. The number of phenolic OH excluding ortho intramolecular Hbond substituents is 1. The molecule has 0 spiro atoms. The van der Waals surface area contributed by atoms with Crippen LogP contribution in [0.5, 0.6) is 5.75 Å². The van der Waals surface area contributed by atoms with Gasteiger partial charge in [-0.25, -0.2) is 0 Å². The predicted octanol–water partition coefficient (Wildman–Crippen LogP) is 4.25. The van der Waals surface area contributed by atoms with Crippen LogP contribution < -0.4 is 0 Å². The van der Waals surface area contributed by atoms with Crippen LogP contribution >= 0.6 is 11.6 Å². The van der Waals surface area contributed by atoms with Crippen molar-refractivity contribution in [1.82, 2.24) is 4.90 Å². The minimum Gasteiger partial charge on any atom is -0.506 e. The molecule has 2 aromatic carbocycles. The third-order valence-electron chi connectivity index (χ3n) is 5.28. The Bertz CT molecular complexity index is 692. The topological polar surface area (TPSA) is 43.7 Å². The van der Waals surface area contributed by atoms with E-state index < -0.39 is 0 Å². The normalized spacial score (nSPS) is 21.4. The van der Waals surface area contributed by atoms with Gasteiger partial charge in [-0.05, 0) is 55.5 Å². The fourth-order valence-electron chi connectivity index (χ4n) is 3.82. The van der Waals surface area contributed by atoms with E-state index in [9.17, 15) is 10.2 Å². The SMILES string of the molecule is OC[C@]1(CCc2ccccc2)CCCN(Cc2ccc(O)c(Cl)c2)C1. The molecule has 1 heterocycles. The van der Waals surface area contributed by atoms with Crippen LogP contribution in [0.1, 0.15) is 30.4 Å². The molecule has 0 amide bonds. The zero-order chi connectivity index (χ0) is 17.7. The van der Waals surface area contributed by atoms with Gasteiger partial charge in [0.15, 0.2) is 0 Å². The lowest BCUT2D eigenvalue weighted by Crippen LogP contribution is -2.45. The molecule has 1 aliphatic heterocycles. The predicted molar refractivity (Wildman–Crippen MR) is 102 cm³/mol. The van der Waals surface area contributed by atoms with E-state index in [1.54, 1.807) is 6.07 Å². The molecule has 1 fully saturated rings. The molecule has 0 aliphatic carbocycles. The highest BCUT2D eigenvalue weighted by Gasteiger charge is 2.34. The minimum atomic E-state index is -0.0329. The highest BCUT2D eigenvalue weighted by atomic mass is 35.5. The number of halogens is 1. The number of phenols is 1. The van der Waals surface area contributed by atoms with Gasteiger partial charge in [0.1, 0.15) is 5.75 Å². The van der Waals surface area contributed by atoms with Crippen LogP contribution in [0, 0.1) is 5.41 Å². The average molecular weight is 360 g/mol. The van der Waals surface area contributed by atoms with Crippen LogP contribution in [-0.2, 0) is 13.0 Å². The first-order chi connectivity index (χ1) is 12.1. The van der Waals surface area contributed by atoms with Gasteiger partial charge in [-0.15, -0.1) is 0 Å². The number of rotatable bonds is 6. The van der Waals surface area contributed by atoms with Crippen molar-refractivity contribution in [1.29, 1.82) is 0 Å². The number of aromatic hydroxyl groups is 1. The lowest BCUT2D eigenvalue weighted by Gasteiger charge is -2.42. The van der Waals surface area contributed by atoms with E-state index in [-0.39, 0.29) is 17.8 Å². The summed E-state index contributed by atoms with van der Waals surface area (Å²) in [5, 5.41) is 20.1. The minimum absolute atomic E-state index is 0.0329. The molecule has 1 atom stereocenters. The second-order valence-electron chi connectivity index (χ2n) is 7.24. The van der Waals surface area contributed by atoms with E-state index in [0.29, 0.717) is 5.02 Å². The van der Waals surface area contributed by atoms with Crippen molar-refractivity contribution in [3.63, 3.8) is 0 Å². The van der Waals surface area contributed by atoms with Gasteiger partial charge < -0.3 is 10.2 Å². The highest BCUT2D eigenvalue weighted by Crippen LogP contribution is 2.35. The van der Waals surface area contributed by atoms with E-state index in [2.05, 4.69) is 29.2 Å². The average Bonchev–Trinajstić information content (AvgIpc) is 2.64. The lowest BCUT2D eigenvalue weighted by molar-refractivity contribution is 0.0224. The van der Waals surface area contributed by atoms with Gasteiger partial charge >= 0.3 is 0 Å². The van der Waals surface area contributed by atoms with Gasteiger partial charge in [0, 0.05) is 25.1 Å². The third-order valence-corrected chi connectivity index (χ3v) is 5.58. The van der Waals surface area contributed by atoms with E-state index in [0.717, 1.165) is 50.9 Å². The first-order valence-corrected chi connectivity index (χ1v) is 9.33. The van der Waals surface area contributed by atoms with Gasteiger partial charge in [0.05, 0.1) is 5.02 Å². The monoisotopic (exact) mass is 359 g/mol. The van der Waals surface area contributed by atoms with Crippen molar-refractivity contribution in [3.05, 3.63) is 64.7 Å². The molecule has 0 radical (unpaired) electrons. The number of aliphatic hydroxyl groups is 1. The number of benzene rings is 2. The van der Waals surface area contributed by atoms with Crippen molar-refractivity contribution >= 4 is 11.6 Å². The smallest absolute Gasteiger partial charge is 0.134 e. The maximum absolute atomic E-state index is 10.1. The van der Waals surface area contributed by atoms with Crippen molar-refractivity contribution in [2.24, 2.45) is 5.41 Å². The number of piperidine rings is 1. The van der Waals surface area contributed by atoms with Crippen molar-refractivity contribution in [2.75, 3.05) is 19.7 Å². The summed E-state index contributed by atoms with van der Waals surface area (Å²) in [6, 6.07) is 15.9. The summed E-state index contributed by atoms with van der Waals surface area (Å²) in [7, 11) is 0. The molecule has 0 bridgehead atoms. The zero-order valence-electron chi connectivity index (χ0n) is 14.5. The van der Waals surface area contributed by atoms with E-state index in [1.807, 2.05) is 18.2 Å². The second-order valence-corrected chi connectivity index (χ2v) is 7.65. The Kier molecular flexibility index (Phi) is 6.00. The van der Waals surface area contributed by atoms with Crippen molar-refractivity contribution in [3.8, 4) is 5.75 Å². The standard InChI is InChI=1S/C21H26ClNO2/c22-19-13-18(7-8-20(19)25)14-23-12-4-10-21(15-23,16-24)11-9-17-5-2-1-3-6-17/h1-3,5-8,13,24-25H,4,9-12,14-16H2/t21-/m0/s1. The fraction of sp³-hybridized carbons (Fsp3) is 0.429. The number of hydrogen-bond donors (Lipinski definition) is 2. The molecule has 25 heavy (non-hydrogen) atoms. The Balaban J connectivity index is 1.64. The molecule has 2 aromatic rings. The largest absolute Gasteiger partial charge is 0.506 e. The molecule has 2 N–H and O–H groups in total. The molecular weight excluding hydrogens is 334 g/mol. The summed E-state index contributed by atoms with van der Waals surface area (Å²) in [5.74, 6) is 0.122. The summed E-state index contributed by atoms with van der Waals surface area (Å²) in [6.45, 7) is 2.96. The number of likely N-dealkylation sites (tertiary alicyclic amines) is 1. The van der Waals surface area contributed by atoms with Crippen LogP contribution in [0.2, 0.25) is 5.02 Å². The van der Waals surface area contributed by atoms with Crippen LogP contribution in [0.3, 0.4) is 0 Å². The Morgan fingerprint density at radius 2 is 1.88 bits per heavy atom. The molecule has 4 heteroatoms. The molecule has 0 unspecified atom stereocenters. The lowest BCUT2D eigenvalue weighted by atomic mass is 9.76. The molecule has 1 saturated heterocycles. The van der Waals surface area contributed by atoms with Gasteiger partial charge in [-0.1, -0.05) is 48.0 Å². The van der Waals surface area contributed by atoms with E-state index in [4.69, 9.17) is 11.6 Å². The number of hydrogen-bond acceptors (Lipinski definition) is 3. The summed E-state index contributed by atoms with van der Waals surface area (Å²) in [6.07, 6.45) is 4.17. The summed E-state index contributed by atoms with van der Waals surface area (Å²) in [4.78, 5) is 2.40. The first kappa shape index (κ1) is 18.2. The van der Waals surface area contributed by atoms with E-state index >= 15 is 0 Å². The molecule has 3 rings (SSSR count). The molecule has 0 saturated carbocycles. The summed E-state index contributed by atoms with van der Waals surface area (Å²) in [5.41, 5.74) is 2.40. The van der Waals surface area contributed by atoms with Crippen LogP contribution in [-0.4, -0.2) is 34.8 Å². The molecule has 134 valence electrons. The van der Waals surface area contributed by atoms with Crippen LogP contribution in [0.25, 0.3) is 0 Å². The second kappa shape index (κ2) is 8.22. The Labute approximate surface area is 154 Å². The summed E-state index contributed by atoms with van der Waals surface area (Å²) >= 11 is 6.02. The van der Waals surface area contributed by atoms with E-state index in [1.165, 1.54) is 5.56 Å². The summed E-state index contributed by atoms with van der Waals surface area (Å²) < 4.78 is 0. The van der Waals surface area contributed by atoms with Gasteiger partial charge in [-0.2, -0.15) is 0 Å². The Morgan fingerprint density at radius 3 is 2.60 bits per heavy atom. The van der Waals surface area contributed by atoms with Gasteiger partial charge in [0.2, 0.25) is 0 Å². The maximum atomic E-state index is 10.1. The maximum Gasteiger partial charge on any atom is 0.134 e. The Morgan fingerprint density at radius 1 is 1.08 bits per heavy atom. The molecule has 1 aliphatic rings.